The second-order valence-electron chi connectivity index (χ2n) is 4.96. The van der Waals surface area contributed by atoms with Crippen molar-refractivity contribution in [2.75, 3.05) is 6.54 Å². The molecular formula is C15H24N2O3. The first kappa shape index (κ1) is 18.1. The van der Waals surface area contributed by atoms with E-state index in [0.29, 0.717) is 6.54 Å². The highest BCUT2D eigenvalue weighted by Crippen LogP contribution is 2.05. The molecule has 0 aromatic rings. The maximum atomic E-state index is 11.4. The maximum Gasteiger partial charge on any atom is 0.284 e. The molecule has 0 aliphatic carbocycles. The summed E-state index contributed by atoms with van der Waals surface area (Å²) in [6.07, 6.45) is 5.93. The summed E-state index contributed by atoms with van der Waals surface area (Å²) in [6.45, 7) is 6.57. The van der Waals surface area contributed by atoms with E-state index in [-0.39, 0.29) is 18.7 Å². The molecule has 3 N–H and O–H groups in total. The number of rotatable bonds is 9. The van der Waals surface area contributed by atoms with Gasteiger partial charge in [-0.2, -0.15) is 0 Å². The van der Waals surface area contributed by atoms with Gasteiger partial charge in [0.05, 0.1) is 0 Å². The van der Waals surface area contributed by atoms with E-state index in [4.69, 9.17) is 5.73 Å². The standard InChI is InChI=1S/C15H24N2O3/c1-11(2)5-4-6-12(3)9-10-17-14(19)8-7-13(18)15(16)20/h5,9H,4,6-8,10H2,1-3H3,(H2,16,20)(H,17,19)/b12-9+. The third-order valence-electron chi connectivity index (χ3n) is 2.69. The van der Waals surface area contributed by atoms with Crippen LogP contribution >= 0.6 is 0 Å². The van der Waals surface area contributed by atoms with Gasteiger partial charge in [0, 0.05) is 19.4 Å². The van der Waals surface area contributed by atoms with Crippen molar-refractivity contribution in [1.82, 2.24) is 5.32 Å². The van der Waals surface area contributed by atoms with Gasteiger partial charge in [0.15, 0.2) is 0 Å². The molecule has 5 heteroatoms. The van der Waals surface area contributed by atoms with E-state index in [2.05, 4.69) is 25.2 Å². The van der Waals surface area contributed by atoms with Gasteiger partial charge in [-0.1, -0.05) is 23.3 Å². The monoisotopic (exact) mass is 280 g/mol. The minimum absolute atomic E-state index is 0.00751. The van der Waals surface area contributed by atoms with E-state index in [1.54, 1.807) is 0 Å². The molecule has 5 nitrogen and oxygen atoms in total. The number of carbonyl (C=O) groups excluding carboxylic acids is 3. The Kier molecular flexibility index (Phi) is 9.00. The third-order valence-corrected chi connectivity index (χ3v) is 2.69. The molecule has 0 radical (unpaired) electrons. The van der Waals surface area contributed by atoms with Gasteiger partial charge in [-0.05, 0) is 33.6 Å². The Labute approximate surface area is 120 Å². The molecule has 0 bridgehead atoms. The maximum absolute atomic E-state index is 11.4. The Morgan fingerprint density at radius 2 is 1.65 bits per heavy atom. The third kappa shape index (κ3) is 10.1. The summed E-state index contributed by atoms with van der Waals surface area (Å²) in [4.78, 5) is 32.8. The van der Waals surface area contributed by atoms with Crippen LogP contribution in [0.1, 0.15) is 46.5 Å². The van der Waals surface area contributed by atoms with Gasteiger partial charge in [-0.25, -0.2) is 0 Å². The van der Waals surface area contributed by atoms with Crippen molar-refractivity contribution in [2.45, 2.75) is 46.5 Å². The molecule has 0 saturated carbocycles. The van der Waals surface area contributed by atoms with Gasteiger partial charge >= 0.3 is 0 Å². The van der Waals surface area contributed by atoms with E-state index in [0.717, 1.165) is 12.8 Å². The zero-order valence-corrected chi connectivity index (χ0v) is 12.5. The second kappa shape index (κ2) is 9.95. The molecule has 0 unspecified atom stereocenters. The summed E-state index contributed by atoms with van der Waals surface area (Å²) in [6, 6.07) is 0. The van der Waals surface area contributed by atoms with Crippen molar-refractivity contribution < 1.29 is 14.4 Å². The van der Waals surface area contributed by atoms with E-state index >= 15 is 0 Å². The Morgan fingerprint density at radius 3 is 2.20 bits per heavy atom. The van der Waals surface area contributed by atoms with Crippen LogP contribution in [0.3, 0.4) is 0 Å². The van der Waals surface area contributed by atoms with Crippen LogP contribution in [0.15, 0.2) is 23.3 Å². The zero-order valence-electron chi connectivity index (χ0n) is 12.5. The average molecular weight is 280 g/mol. The molecular weight excluding hydrogens is 256 g/mol. The molecule has 0 aromatic heterocycles. The fourth-order valence-corrected chi connectivity index (χ4v) is 1.47. The first-order chi connectivity index (χ1) is 9.32. The lowest BCUT2D eigenvalue weighted by molar-refractivity contribution is -0.136. The summed E-state index contributed by atoms with van der Waals surface area (Å²) in [5.41, 5.74) is 7.30. The largest absolute Gasteiger partial charge is 0.363 e. The number of nitrogens with two attached hydrogens (primary N) is 1. The molecule has 0 aliphatic heterocycles. The highest BCUT2D eigenvalue weighted by Gasteiger charge is 2.10. The number of allylic oxidation sites excluding steroid dienone is 3. The number of amides is 2. The normalized spacial score (nSPS) is 10.8. The molecule has 0 atom stereocenters. The predicted octanol–water partition coefficient (Wildman–Crippen LogP) is 1.63. The number of Topliss-reactive ketones (excluding diaryl/α,β-unsaturated/α-hetero) is 1. The van der Waals surface area contributed by atoms with Crippen molar-refractivity contribution in [2.24, 2.45) is 5.73 Å². The molecule has 112 valence electrons. The molecule has 0 aliphatic rings. The number of primary amides is 1. The van der Waals surface area contributed by atoms with Crippen LogP contribution in [0.25, 0.3) is 0 Å². The smallest absolute Gasteiger partial charge is 0.284 e. The lowest BCUT2D eigenvalue weighted by Crippen LogP contribution is -2.27. The summed E-state index contributed by atoms with van der Waals surface area (Å²) < 4.78 is 0. The summed E-state index contributed by atoms with van der Waals surface area (Å²) in [7, 11) is 0. The van der Waals surface area contributed by atoms with Gasteiger partial charge in [-0.3, -0.25) is 14.4 Å². The van der Waals surface area contributed by atoms with Gasteiger partial charge < -0.3 is 11.1 Å². The van der Waals surface area contributed by atoms with Gasteiger partial charge in [-0.15, -0.1) is 0 Å². The predicted molar refractivity (Wildman–Crippen MR) is 78.9 cm³/mol. The number of hydrogen-bond donors (Lipinski definition) is 2. The Balaban J connectivity index is 3.87. The Hall–Kier alpha value is -1.91. The average Bonchev–Trinajstić information content (AvgIpc) is 2.35. The minimum Gasteiger partial charge on any atom is -0.363 e. The van der Waals surface area contributed by atoms with Gasteiger partial charge in [0.1, 0.15) is 0 Å². The van der Waals surface area contributed by atoms with E-state index in [1.807, 2.05) is 13.0 Å². The SMILES string of the molecule is CC(C)=CCC/C(C)=C/CNC(=O)CCC(=O)C(N)=O. The van der Waals surface area contributed by atoms with E-state index in [1.165, 1.54) is 11.1 Å². The van der Waals surface area contributed by atoms with Crippen molar-refractivity contribution >= 4 is 17.6 Å². The molecule has 20 heavy (non-hydrogen) atoms. The lowest BCUT2D eigenvalue weighted by atomic mass is 10.1. The van der Waals surface area contributed by atoms with Crippen LogP contribution in [0.2, 0.25) is 0 Å². The minimum atomic E-state index is -0.993. The number of hydrogen-bond acceptors (Lipinski definition) is 3. The van der Waals surface area contributed by atoms with Crippen molar-refractivity contribution in [1.29, 1.82) is 0 Å². The second-order valence-corrected chi connectivity index (χ2v) is 4.96. The molecule has 0 fully saturated rings. The highest BCUT2D eigenvalue weighted by atomic mass is 16.2. The van der Waals surface area contributed by atoms with Crippen molar-refractivity contribution in [3.63, 3.8) is 0 Å². The van der Waals surface area contributed by atoms with Crippen LogP contribution < -0.4 is 11.1 Å². The fraction of sp³-hybridized carbons (Fsp3) is 0.533. The van der Waals surface area contributed by atoms with Gasteiger partial charge in [0.2, 0.25) is 11.7 Å². The molecule has 0 saturated heterocycles. The molecule has 2 amide bonds. The first-order valence-electron chi connectivity index (χ1n) is 6.71. The Bertz CT molecular complexity index is 419. The van der Waals surface area contributed by atoms with Crippen molar-refractivity contribution in [3.8, 4) is 0 Å². The fourth-order valence-electron chi connectivity index (χ4n) is 1.47. The summed E-state index contributed by atoms with van der Waals surface area (Å²) >= 11 is 0. The zero-order chi connectivity index (χ0) is 15.5. The topological polar surface area (TPSA) is 89.3 Å². The molecule has 0 aromatic carbocycles. The van der Waals surface area contributed by atoms with Crippen LogP contribution in [0.4, 0.5) is 0 Å². The molecule has 0 rings (SSSR count). The number of nitrogens with one attached hydrogen (secondary N) is 1. The van der Waals surface area contributed by atoms with Crippen LogP contribution in [0.5, 0.6) is 0 Å². The van der Waals surface area contributed by atoms with E-state index in [9.17, 15) is 14.4 Å². The summed E-state index contributed by atoms with van der Waals surface area (Å²) in [5.74, 6) is -1.96. The van der Waals surface area contributed by atoms with Gasteiger partial charge in [0.25, 0.3) is 5.91 Å². The van der Waals surface area contributed by atoms with E-state index < -0.39 is 11.7 Å². The van der Waals surface area contributed by atoms with Crippen LogP contribution in [-0.2, 0) is 14.4 Å². The molecule has 0 spiro atoms. The molecule has 0 heterocycles. The quantitative estimate of drug-likeness (QED) is 0.497. The van der Waals surface area contributed by atoms with Crippen molar-refractivity contribution in [3.05, 3.63) is 23.3 Å². The van der Waals surface area contributed by atoms with Crippen LogP contribution in [-0.4, -0.2) is 24.1 Å². The number of carbonyl (C=O) groups is 3. The van der Waals surface area contributed by atoms with Crippen LogP contribution in [0, 0.1) is 0 Å². The summed E-state index contributed by atoms with van der Waals surface area (Å²) in [5, 5.41) is 2.67. The highest BCUT2D eigenvalue weighted by molar-refractivity contribution is 6.35. The Morgan fingerprint density at radius 1 is 1.00 bits per heavy atom. The lowest BCUT2D eigenvalue weighted by Gasteiger charge is -2.03. The number of ketones is 1. The first-order valence-corrected chi connectivity index (χ1v) is 6.71.